The van der Waals surface area contributed by atoms with Crippen molar-refractivity contribution in [2.24, 2.45) is 10.4 Å². The molecule has 0 aromatic rings. The van der Waals surface area contributed by atoms with Crippen LogP contribution in [-0.2, 0) is 0 Å². The molecular weight excluding hydrogens is 87.0 g/mol. The lowest BCUT2D eigenvalue weighted by molar-refractivity contribution is 1.74. The Labute approximate surface area is 30.9 Å². The van der Waals surface area contributed by atoms with E-state index in [1.807, 2.05) is 0 Å². The Morgan fingerprint density at radius 1 is 2.00 bits per heavy atom. The summed E-state index contributed by atoms with van der Waals surface area (Å²) < 4.78 is 0. The van der Waals surface area contributed by atoms with Gasteiger partial charge in [0.25, 0.3) is 0 Å². The van der Waals surface area contributed by atoms with Crippen LogP contribution in [0.5, 0.6) is 0 Å². The molecule has 0 aromatic heterocycles. The number of nitrogens with zero attached hydrogens (tertiary/aromatic N) is 3. The third-order valence-electron chi connectivity index (χ3n) is 0.102. The van der Waals surface area contributed by atoms with Crippen LogP contribution in [0.3, 0.4) is 0 Å². The normalized spacial score (nSPS) is 8.20. The lowest BCUT2D eigenvalue weighted by Crippen LogP contribution is -1.59. The van der Waals surface area contributed by atoms with Crippen molar-refractivity contribution in [1.82, 2.24) is 0 Å². The Hall–Kier alpha value is -0.300. The Morgan fingerprint density at radius 3 is 2.60 bits per heavy atom. The first-order valence-electron chi connectivity index (χ1n) is 0.912. The standard InChI is InChI=1S/H3N4P/c1-3-4-5-2/h5H,2H2. The summed E-state index contributed by atoms with van der Waals surface area (Å²) in [6.45, 7) is 0. The largest absolute Gasteiger partial charge is 0.307 e. The number of azide groups is 1. The van der Waals surface area contributed by atoms with E-state index in [-0.39, 0.29) is 8.88 Å². The Balaban J connectivity index is 2.93. The van der Waals surface area contributed by atoms with E-state index in [9.17, 15) is 0 Å². The van der Waals surface area contributed by atoms with Crippen LogP contribution in [-0.4, -0.2) is 0 Å². The van der Waals surface area contributed by atoms with Crippen molar-refractivity contribution in [3.05, 3.63) is 10.4 Å². The van der Waals surface area contributed by atoms with Crippen molar-refractivity contribution in [1.29, 1.82) is 0 Å². The van der Waals surface area contributed by atoms with Crippen LogP contribution in [0.2, 0.25) is 0 Å². The quantitative estimate of drug-likeness (QED) is 0.219. The fraction of sp³-hybridized carbons (Fsp3) is 0. The highest BCUT2D eigenvalue weighted by atomic mass is 31.1. The fourth-order valence-electron chi connectivity index (χ4n) is 0.0258. The molecule has 4 nitrogen and oxygen atoms in total. The van der Waals surface area contributed by atoms with E-state index in [4.69, 9.17) is 11.0 Å². The molecule has 1 atom stereocenters. The molecule has 0 radical (unpaired) electrons. The van der Waals surface area contributed by atoms with Crippen LogP contribution in [0.15, 0.2) is 4.88 Å². The summed E-state index contributed by atoms with van der Waals surface area (Å²) in [6.07, 6.45) is 0. The van der Waals surface area contributed by atoms with Crippen molar-refractivity contribution in [2.75, 3.05) is 0 Å². The second-order valence-electron chi connectivity index (χ2n) is 0.319. The zero-order chi connectivity index (χ0) is 4.12. The summed E-state index contributed by atoms with van der Waals surface area (Å²) in [7, 11) is -0.134. The van der Waals surface area contributed by atoms with Crippen molar-refractivity contribution in [2.45, 2.75) is 0 Å². The third-order valence-corrected chi connectivity index (χ3v) is 0.307. The molecule has 0 aliphatic carbocycles. The molecule has 28 valence electrons. The minimum atomic E-state index is -0.134. The minimum absolute atomic E-state index is 0.134. The predicted octanol–water partition coefficient (Wildman–Crippen LogP) is 0.764. The summed E-state index contributed by atoms with van der Waals surface area (Å²) in [5.74, 6) is 0. The van der Waals surface area contributed by atoms with Crippen LogP contribution in [0, 0.1) is 0 Å². The average Bonchev–Trinajstić information content (AvgIpc) is 1.41. The number of rotatable bonds is 1. The van der Waals surface area contributed by atoms with E-state index in [2.05, 4.69) is 9.80 Å². The van der Waals surface area contributed by atoms with Crippen LogP contribution in [0.25, 0.3) is 10.4 Å². The summed E-state index contributed by atoms with van der Waals surface area (Å²) in [6, 6.07) is 0. The van der Waals surface area contributed by atoms with Gasteiger partial charge in [-0.15, -0.1) is 0 Å². The predicted molar refractivity (Wildman–Crippen MR) is 21.6 cm³/mol. The molecule has 0 aliphatic heterocycles. The highest BCUT2D eigenvalue weighted by molar-refractivity contribution is 7.33. The van der Waals surface area contributed by atoms with E-state index in [1.54, 1.807) is 0 Å². The molecule has 0 saturated heterocycles. The summed E-state index contributed by atoms with van der Waals surface area (Å²) in [5, 5.41) is 0. The molecule has 2 N–H and O–H groups in total. The van der Waals surface area contributed by atoms with Crippen LogP contribution in [0.1, 0.15) is 0 Å². The van der Waals surface area contributed by atoms with E-state index in [0.29, 0.717) is 0 Å². The fourth-order valence-corrected chi connectivity index (χ4v) is 0.0775. The number of hydrogen-bond acceptors (Lipinski definition) is 2. The highest BCUT2D eigenvalue weighted by Gasteiger charge is 1.49. The first-order chi connectivity index (χ1) is 2.41. The SMILES string of the molecule is [N-]=[N+]=NPN. The van der Waals surface area contributed by atoms with Gasteiger partial charge in [0.05, 0.1) is 0 Å². The second kappa shape index (κ2) is 3.70. The molecule has 0 bridgehead atoms. The van der Waals surface area contributed by atoms with Crippen LogP contribution < -0.4 is 5.50 Å². The summed E-state index contributed by atoms with van der Waals surface area (Å²) >= 11 is 0. The van der Waals surface area contributed by atoms with E-state index >= 15 is 0 Å². The third kappa shape index (κ3) is 3.70. The molecule has 0 heterocycles. The van der Waals surface area contributed by atoms with Gasteiger partial charge in [0.2, 0.25) is 0 Å². The minimum Gasteiger partial charge on any atom is -0.307 e. The number of nitrogens with two attached hydrogens (primary N) is 1. The van der Waals surface area contributed by atoms with Crippen molar-refractivity contribution in [3.63, 3.8) is 0 Å². The van der Waals surface area contributed by atoms with Gasteiger partial charge in [0.1, 0.15) is 0 Å². The Kier molecular flexibility index (Phi) is 3.48. The van der Waals surface area contributed by atoms with Gasteiger partial charge in [0.15, 0.2) is 0 Å². The topological polar surface area (TPSA) is 74.8 Å². The highest BCUT2D eigenvalue weighted by Crippen LogP contribution is 1.93. The molecule has 5 heteroatoms. The van der Waals surface area contributed by atoms with Gasteiger partial charge < -0.3 is 5.50 Å². The van der Waals surface area contributed by atoms with Gasteiger partial charge in [-0.05, 0) is 5.53 Å². The second-order valence-corrected chi connectivity index (χ2v) is 0.777. The Bertz CT molecular complexity index is 50.7. The lowest BCUT2D eigenvalue weighted by Gasteiger charge is -1.60. The lowest BCUT2D eigenvalue weighted by atomic mass is 13.0. The molecule has 0 aliphatic rings. The molecule has 0 amide bonds. The molecule has 0 spiro atoms. The van der Waals surface area contributed by atoms with Crippen LogP contribution >= 0.6 is 8.88 Å². The first kappa shape index (κ1) is 4.70. The molecular formula is H3N4P. The van der Waals surface area contributed by atoms with Gasteiger partial charge in [-0.2, -0.15) is 0 Å². The van der Waals surface area contributed by atoms with Gasteiger partial charge in [-0.25, -0.2) is 0 Å². The molecule has 5 heavy (non-hydrogen) atoms. The van der Waals surface area contributed by atoms with Gasteiger partial charge >= 0.3 is 0 Å². The molecule has 0 saturated carbocycles. The van der Waals surface area contributed by atoms with E-state index < -0.39 is 0 Å². The van der Waals surface area contributed by atoms with Gasteiger partial charge in [-0.1, -0.05) is 4.88 Å². The average molecular weight is 90.0 g/mol. The van der Waals surface area contributed by atoms with Gasteiger partial charge in [0, 0.05) is 13.8 Å². The van der Waals surface area contributed by atoms with E-state index in [1.165, 1.54) is 0 Å². The maximum atomic E-state index is 7.45. The monoisotopic (exact) mass is 90.0 g/mol. The maximum Gasteiger partial charge on any atom is 0.0373 e. The molecule has 0 aromatic carbocycles. The maximum absolute atomic E-state index is 7.45. The van der Waals surface area contributed by atoms with Crippen molar-refractivity contribution < 1.29 is 0 Å². The van der Waals surface area contributed by atoms with Crippen molar-refractivity contribution >= 4 is 8.88 Å². The van der Waals surface area contributed by atoms with Gasteiger partial charge in [-0.3, -0.25) is 0 Å². The summed E-state index contributed by atoms with van der Waals surface area (Å²) in [5.41, 5.74) is 12.2. The smallest absolute Gasteiger partial charge is 0.0373 e. The first-order valence-corrected chi connectivity index (χ1v) is 1.94. The zero-order valence-corrected chi connectivity index (χ0v) is 3.42. The van der Waals surface area contributed by atoms with E-state index in [0.717, 1.165) is 0 Å². The molecule has 0 fully saturated rings. The van der Waals surface area contributed by atoms with Crippen LogP contribution in [0.4, 0.5) is 0 Å². The molecule has 0 rings (SSSR count). The number of hydrogen-bond donors (Lipinski definition) is 1. The van der Waals surface area contributed by atoms with Crippen molar-refractivity contribution in [3.8, 4) is 0 Å². The zero-order valence-electron chi connectivity index (χ0n) is 2.42. The summed E-state index contributed by atoms with van der Waals surface area (Å²) in [4.78, 5) is 5.32. The Morgan fingerprint density at radius 2 is 2.60 bits per heavy atom. The molecule has 1 unspecified atom stereocenters.